The fourth-order valence-corrected chi connectivity index (χ4v) is 6.38. The van der Waals surface area contributed by atoms with Crippen LogP contribution >= 0.6 is 0 Å². The quantitative estimate of drug-likeness (QED) is 0.162. The molecule has 0 saturated heterocycles. The second kappa shape index (κ2) is 9.04. The predicted molar refractivity (Wildman–Crippen MR) is 151 cm³/mol. The molecule has 39 heavy (non-hydrogen) atoms. The van der Waals surface area contributed by atoms with E-state index in [1.54, 1.807) is 30.5 Å². The summed E-state index contributed by atoms with van der Waals surface area (Å²) in [7, 11) is 0. The highest BCUT2D eigenvalue weighted by molar-refractivity contribution is 6.19. The Morgan fingerprint density at radius 2 is 1.28 bits per heavy atom. The van der Waals surface area contributed by atoms with Crippen LogP contribution in [0.5, 0.6) is 0 Å². The lowest BCUT2D eigenvalue weighted by molar-refractivity contribution is -0.136. The number of nitrogens with zero attached hydrogens (tertiary/aromatic N) is 1. The van der Waals surface area contributed by atoms with Gasteiger partial charge in [-0.1, -0.05) is 66.7 Å². The molecule has 0 radical (unpaired) electrons. The topological polar surface area (TPSA) is 12.9 Å². The van der Waals surface area contributed by atoms with Crippen LogP contribution in [0.3, 0.4) is 0 Å². The summed E-state index contributed by atoms with van der Waals surface area (Å²) < 4.78 is 55.7. The van der Waals surface area contributed by atoms with E-state index in [4.69, 9.17) is 0 Å². The third-order valence-electron chi connectivity index (χ3n) is 8.35. The van der Waals surface area contributed by atoms with Crippen LogP contribution in [0.2, 0.25) is 0 Å². The molecule has 1 fully saturated rings. The van der Waals surface area contributed by atoms with Crippen molar-refractivity contribution in [2.45, 2.75) is 43.9 Å². The zero-order valence-corrected chi connectivity index (χ0v) is 21.1. The molecule has 0 amide bonds. The van der Waals surface area contributed by atoms with Gasteiger partial charge in [-0.3, -0.25) is 4.98 Å². The first-order chi connectivity index (χ1) is 18.9. The summed E-state index contributed by atoms with van der Waals surface area (Å²) in [4.78, 5) is 4.55. The summed E-state index contributed by atoms with van der Waals surface area (Å²) in [5.41, 5.74) is 1.58. The minimum absolute atomic E-state index is 0.183. The van der Waals surface area contributed by atoms with Crippen molar-refractivity contribution in [3.05, 3.63) is 102 Å². The van der Waals surface area contributed by atoms with Crippen LogP contribution < -0.4 is 0 Å². The number of pyridine rings is 1. The van der Waals surface area contributed by atoms with Crippen LogP contribution in [-0.4, -0.2) is 11.2 Å². The molecule has 194 valence electrons. The maximum Gasteiger partial charge on any atom is 0.417 e. The maximum atomic E-state index is 14.0. The molecule has 7 rings (SSSR count). The van der Waals surface area contributed by atoms with Gasteiger partial charge in [-0.05, 0) is 93.1 Å². The molecule has 0 atom stereocenters. The normalized spacial score (nSPS) is 18.4. The third-order valence-corrected chi connectivity index (χ3v) is 8.35. The second-order valence-corrected chi connectivity index (χ2v) is 10.7. The SMILES string of the molecule is FC1CCC(c2ccc3c(ccc4c5ccnc(-c6cc(C(F)(F)F)c7ccccc7c6)c5ccc34)c2)CC1. The first kappa shape index (κ1) is 24.1. The van der Waals surface area contributed by atoms with Gasteiger partial charge in [0.05, 0.1) is 11.3 Å². The summed E-state index contributed by atoms with van der Waals surface area (Å²) in [6.45, 7) is 0. The van der Waals surface area contributed by atoms with Gasteiger partial charge in [-0.2, -0.15) is 13.2 Å². The number of aromatic nitrogens is 1. The van der Waals surface area contributed by atoms with Crippen LogP contribution in [0.4, 0.5) is 17.6 Å². The number of hydrogen-bond donors (Lipinski definition) is 0. The Bertz CT molecular complexity index is 1880. The first-order valence-electron chi connectivity index (χ1n) is 13.4. The molecule has 1 aromatic heterocycles. The van der Waals surface area contributed by atoms with Crippen molar-refractivity contribution in [1.82, 2.24) is 4.98 Å². The molecule has 0 N–H and O–H groups in total. The van der Waals surface area contributed by atoms with Gasteiger partial charge in [-0.25, -0.2) is 4.39 Å². The number of fused-ring (bicyclic) bond motifs is 6. The van der Waals surface area contributed by atoms with Crippen molar-refractivity contribution in [2.75, 3.05) is 0 Å². The summed E-state index contributed by atoms with van der Waals surface area (Å²) in [5.74, 6) is 0.394. The standard InChI is InChI=1S/C34H25F4N/c35-25-9-5-20(6-10-25)21-7-11-26-23(17-21)8-12-29-28(26)13-14-31-30(29)15-16-39-33(31)24-18-22-3-1-2-4-27(22)32(19-24)34(36,37)38/h1-4,7-8,11-20,25H,5-6,9-10H2. The van der Waals surface area contributed by atoms with E-state index in [1.165, 1.54) is 17.7 Å². The van der Waals surface area contributed by atoms with Gasteiger partial charge >= 0.3 is 6.18 Å². The van der Waals surface area contributed by atoms with Gasteiger partial charge in [0, 0.05) is 17.1 Å². The van der Waals surface area contributed by atoms with Gasteiger partial charge in [0.2, 0.25) is 0 Å². The van der Waals surface area contributed by atoms with E-state index < -0.39 is 17.9 Å². The maximum absolute atomic E-state index is 14.0. The molecule has 1 aliphatic carbocycles. The zero-order valence-electron chi connectivity index (χ0n) is 21.1. The molecule has 0 spiro atoms. The summed E-state index contributed by atoms with van der Waals surface area (Å²) in [6.07, 6.45) is -0.455. The van der Waals surface area contributed by atoms with Crippen LogP contribution in [-0.2, 0) is 6.18 Å². The predicted octanol–water partition coefficient (Wildman–Crippen LogP) is 10.4. The lowest BCUT2D eigenvalue weighted by Crippen LogP contribution is -2.13. The van der Waals surface area contributed by atoms with Crippen molar-refractivity contribution in [1.29, 1.82) is 0 Å². The molecule has 1 aliphatic rings. The first-order valence-corrected chi connectivity index (χ1v) is 13.4. The number of rotatable bonds is 2. The summed E-state index contributed by atoms with van der Waals surface area (Å²) in [5, 5.41) is 6.86. The minimum atomic E-state index is -4.48. The van der Waals surface area contributed by atoms with Gasteiger partial charge in [0.25, 0.3) is 0 Å². The smallest absolute Gasteiger partial charge is 0.256 e. The number of hydrogen-bond acceptors (Lipinski definition) is 1. The van der Waals surface area contributed by atoms with Gasteiger partial charge < -0.3 is 0 Å². The summed E-state index contributed by atoms with van der Waals surface area (Å²) >= 11 is 0. The van der Waals surface area contributed by atoms with Crippen molar-refractivity contribution >= 4 is 43.1 Å². The second-order valence-electron chi connectivity index (χ2n) is 10.7. The molecule has 0 aliphatic heterocycles. The largest absolute Gasteiger partial charge is 0.417 e. The Morgan fingerprint density at radius 1 is 0.615 bits per heavy atom. The van der Waals surface area contributed by atoms with Gasteiger partial charge in [0.1, 0.15) is 6.17 Å². The van der Waals surface area contributed by atoms with E-state index >= 15 is 0 Å². The van der Waals surface area contributed by atoms with E-state index in [2.05, 4.69) is 35.3 Å². The molecule has 0 unspecified atom stereocenters. The van der Waals surface area contributed by atoms with Crippen molar-refractivity contribution in [3.8, 4) is 11.3 Å². The van der Waals surface area contributed by atoms with Crippen LogP contribution in [0.25, 0.3) is 54.3 Å². The van der Waals surface area contributed by atoms with E-state index in [9.17, 15) is 17.6 Å². The third kappa shape index (κ3) is 4.12. The number of halogens is 4. The van der Waals surface area contributed by atoms with Crippen molar-refractivity contribution in [2.24, 2.45) is 0 Å². The van der Waals surface area contributed by atoms with E-state index in [0.29, 0.717) is 35.4 Å². The molecule has 0 bridgehead atoms. The fraction of sp³-hybridized carbons (Fsp3) is 0.206. The van der Waals surface area contributed by atoms with Crippen LogP contribution in [0.1, 0.15) is 42.7 Å². The summed E-state index contributed by atoms with van der Waals surface area (Å²) in [6, 6.07) is 26.3. The lowest BCUT2D eigenvalue weighted by Gasteiger charge is -2.24. The van der Waals surface area contributed by atoms with E-state index in [1.807, 2.05) is 18.2 Å². The Morgan fingerprint density at radius 3 is 2.10 bits per heavy atom. The number of alkyl halides is 4. The van der Waals surface area contributed by atoms with E-state index in [0.717, 1.165) is 45.2 Å². The van der Waals surface area contributed by atoms with Gasteiger partial charge in [-0.15, -0.1) is 0 Å². The molecule has 5 aromatic carbocycles. The lowest BCUT2D eigenvalue weighted by atomic mass is 9.82. The van der Waals surface area contributed by atoms with Crippen LogP contribution in [0.15, 0.2) is 91.1 Å². The van der Waals surface area contributed by atoms with Crippen molar-refractivity contribution in [3.63, 3.8) is 0 Å². The zero-order chi connectivity index (χ0) is 26.7. The molecule has 1 heterocycles. The molecular formula is C34H25F4N. The Labute approximate surface area is 223 Å². The molecule has 1 nitrogen and oxygen atoms in total. The minimum Gasteiger partial charge on any atom is -0.256 e. The molecule has 6 aromatic rings. The average molecular weight is 524 g/mol. The highest BCUT2D eigenvalue weighted by Gasteiger charge is 2.33. The Hall–Kier alpha value is -3.99. The Balaban J connectivity index is 1.38. The fourth-order valence-electron chi connectivity index (χ4n) is 6.38. The number of benzene rings is 5. The highest BCUT2D eigenvalue weighted by atomic mass is 19.4. The monoisotopic (exact) mass is 523 g/mol. The average Bonchev–Trinajstić information content (AvgIpc) is 2.95. The Kier molecular flexibility index (Phi) is 5.58. The van der Waals surface area contributed by atoms with Crippen molar-refractivity contribution < 1.29 is 17.6 Å². The molecule has 5 heteroatoms. The van der Waals surface area contributed by atoms with E-state index in [-0.39, 0.29) is 5.39 Å². The highest BCUT2D eigenvalue weighted by Crippen LogP contribution is 2.41. The molecule has 1 saturated carbocycles. The van der Waals surface area contributed by atoms with Gasteiger partial charge in [0.15, 0.2) is 0 Å². The molecular weight excluding hydrogens is 498 g/mol. The van der Waals surface area contributed by atoms with Crippen LogP contribution in [0, 0.1) is 0 Å².